The molecule has 2 heterocycles. The van der Waals surface area contributed by atoms with Gasteiger partial charge in [0.25, 0.3) is 0 Å². The lowest BCUT2D eigenvalue weighted by molar-refractivity contribution is 0.617. The van der Waals surface area contributed by atoms with Crippen LogP contribution in [0.3, 0.4) is 0 Å². The van der Waals surface area contributed by atoms with Crippen LogP contribution in [0.5, 0.6) is 0 Å². The number of benzene rings is 1. The molecule has 0 aliphatic carbocycles. The van der Waals surface area contributed by atoms with E-state index in [-0.39, 0.29) is 5.92 Å². The third-order valence-corrected chi connectivity index (χ3v) is 3.73. The Balaban J connectivity index is 2.15. The fraction of sp³-hybridized carbons (Fsp3) is 0.294. The van der Waals surface area contributed by atoms with Crippen LogP contribution in [0.4, 0.5) is 0 Å². The quantitative estimate of drug-likeness (QED) is 0.781. The summed E-state index contributed by atoms with van der Waals surface area (Å²) < 4.78 is 2.21. The molecule has 0 aliphatic rings. The van der Waals surface area contributed by atoms with Crippen molar-refractivity contribution in [2.45, 2.75) is 25.8 Å². The highest BCUT2D eigenvalue weighted by Crippen LogP contribution is 2.26. The lowest BCUT2D eigenvalue weighted by atomic mass is 9.98. The SMILES string of the molecule is CCCn1c(C(CN)c2ccccc2)nc2cccnc21. The molecule has 0 amide bonds. The fourth-order valence-electron chi connectivity index (χ4n) is 2.76. The minimum Gasteiger partial charge on any atom is -0.329 e. The second kappa shape index (κ2) is 6.06. The van der Waals surface area contributed by atoms with Crippen molar-refractivity contribution in [2.75, 3.05) is 6.54 Å². The van der Waals surface area contributed by atoms with Crippen LogP contribution >= 0.6 is 0 Å². The Bertz CT molecular complexity index is 718. The molecule has 1 aromatic carbocycles. The summed E-state index contributed by atoms with van der Waals surface area (Å²) in [7, 11) is 0. The molecule has 108 valence electrons. The molecule has 2 N–H and O–H groups in total. The minimum atomic E-state index is 0.104. The number of rotatable bonds is 5. The van der Waals surface area contributed by atoms with Gasteiger partial charge in [-0.25, -0.2) is 9.97 Å². The molecule has 21 heavy (non-hydrogen) atoms. The first-order chi connectivity index (χ1) is 10.3. The van der Waals surface area contributed by atoms with Gasteiger partial charge in [0.1, 0.15) is 11.3 Å². The van der Waals surface area contributed by atoms with Gasteiger partial charge in [0.2, 0.25) is 0 Å². The van der Waals surface area contributed by atoms with Crippen LogP contribution in [-0.2, 0) is 6.54 Å². The van der Waals surface area contributed by atoms with Gasteiger partial charge in [0.15, 0.2) is 5.65 Å². The number of nitrogens with zero attached hydrogens (tertiary/aromatic N) is 3. The number of nitrogens with two attached hydrogens (primary N) is 1. The Morgan fingerprint density at radius 3 is 2.67 bits per heavy atom. The number of fused-ring (bicyclic) bond motifs is 1. The first-order valence-electron chi connectivity index (χ1n) is 7.41. The largest absolute Gasteiger partial charge is 0.329 e. The van der Waals surface area contributed by atoms with E-state index in [0.29, 0.717) is 6.54 Å². The van der Waals surface area contributed by atoms with E-state index in [0.717, 1.165) is 30.0 Å². The molecule has 0 saturated carbocycles. The zero-order valence-corrected chi connectivity index (χ0v) is 12.2. The lowest BCUT2D eigenvalue weighted by Crippen LogP contribution is -2.19. The van der Waals surface area contributed by atoms with Crippen LogP contribution in [-0.4, -0.2) is 21.1 Å². The van der Waals surface area contributed by atoms with Crippen molar-refractivity contribution in [3.63, 3.8) is 0 Å². The molecule has 4 heteroatoms. The smallest absolute Gasteiger partial charge is 0.159 e. The predicted molar refractivity (Wildman–Crippen MR) is 85.2 cm³/mol. The first kappa shape index (κ1) is 13.8. The van der Waals surface area contributed by atoms with E-state index < -0.39 is 0 Å². The molecule has 1 unspecified atom stereocenters. The van der Waals surface area contributed by atoms with Crippen LogP contribution in [0, 0.1) is 0 Å². The molecule has 0 fully saturated rings. The summed E-state index contributed by atoms with van der Waals surface area (Å²) in [5.74, 6) is 1.12. The van der Waals surface area contributed by atoms with Gasteiger partial charge in [-0.05, 0) is 24.1 Å². The molecule has 0 bridgehead atoms. The van der Waals surface area contributed by atoms with E-state index in [4.69, 9.17) is 10.7 Å². The second-order valence-electron chi connectivity index (χ2n) is 5.17. The van der Waals surface area contributed by atoms with Crippen molar-refractivity contribution in [2.24, 2.45) is 5.73 Å². The predicted octanol–water partition coefficient (Wildman–Crippen LogP) is 2.93. The Kier molecular flexibility index (Phi) is 3.97. The molecule has 1 atom stereocenters. The molecular weight excluding hydrogens is 260 g/mol. The van der Waals surface area contributed by atoms with Gasteiger partial charge in [0.05, 0.1) is 5.92 Å². The first-order valence-corrected chi connectivity index (χ1v) is 7.41. The third kappa shape index (κ3) is 2.54. The van der Waals surface area contributed by atoms with Gasteiger partial charge in [-0.2, -0.15) is 0 Å². The summed E-state index contributed by atoms with van der Waals surface area (Å²) in [6.45, 7) is 3.61. The van der Waals surface area contributed by atoms with Gasteiger partial charge >= 0.3 is 0 Å². The highest BCUT2D eigenvalue weighted by atomic mass is 15.1. The van der Waals surface area contributed by atoms with E-state index in [1.807, 2.05) is 36.5 Å². The van der Waals surface area contributed by atoms with E-state index in [9.17, 15) is 0 Å². The highest BCUT2D eigenvalue weighted by Gasteiger charge is 2.20. The number of hydrogen-bond donors (Lipinski definition) is 1. The van der Waals surface area contributed by atoms with Crippen molar-refractivity contribution < 1.29 is 0 Å². The highest BCUT2D eigenvalue weighted by molar-refractivity contribution is 5.71. The molecule has 0 aliphatic heterocycles. The Hall–Kier alpha value is -2.20. The summed E-state index contributed by atoms with van der Waals surface area (Å²) in [5.41, 5.74) is 9.14. The van der Waals surface area contributed by atoms with Crippen LogP contribution in [0.1, 0.15) is 30.7 Å². The summed E-state index contributed by atoms with van der Waals surface area (Å²) in [6, 6.07) is 14.3. The van der Waals surface area contributed by atoms with Crippen molar-refractivity contribution in [1.82, 2.24) is 14.5 Å². The summed E-state index contributed by atoms with van der Waals surface area (Å²) >= 11 is 0. The number of hydrogen-bond acceptors (Lipinski definition) is 3. The van der Waals surface area contributed by atoms with E-state index in [1.165, 1.54) is 5.56 Å². The maximum atomic E-state index is 6.05. The summed E-state index contributed by atoms with van der Waals surface area (Å²) in [5, 5.41) is 0. The standard InChI is InChI=1S/C17H20N4/c1-2-11-21-16(20-15-9-6-10-19-17(15)21)14(12-18)13-7-4-3-5-8-13/h3-10,14H,2,11-12,18H2,1H3. The number of aryl methyl sites for hydroxylation is 1. The maximum absolute atomic E-state index is 6.05. The van der Waals surface area contributed by atoms with Crippen LogP contribution in [0.25, 0.3) is 11.2 Å². The maximum Gasteiger partial charge on any atom is 0.159 e. The summed E-state index contributed by atoms with van der Waals surface area (Å²) in [4.78, 5) is 9.29. The third-order valence-electron chi connectivity index (χ3n) is 3.73. The topological polar surface area (TPSA) is 56.7 Å². The normalized spacial score (nSPS) is 12.7. The molecular formula is C17H20N4. The Labute approximate surface area is 124 Å². The van der Waals surface area contributed by atoms with E-state index >= 15 is 0 Å². The van der Waals surface area contributed by atoms with Crippen LogP contribution < -0.4 is 5.73 Å². The van der Waals surface area contributed by atoms with Crippen molar-refractivity contribution >= 4 is 11.2 Å². The number of imidazole rings is 1. The lowest BCUT2D eigenvalue weighted by Gasteiger charge is -2.16. The molecule has 0 radical (unpaired) electrons. The van der Waals surface area contributed by atoms with Crippen molar-refractivity contribution in [1.29, 1.82) is 0 Å². The zero-order valence-electron chi connectivity index (χ0n) is 12.2. The zero-order chi connectivity index (χ0) is 14.7. The molecule has 4 nitrogen and oxygen atoms in total. The molecule has 0 spiro atoms. The van der Waals surface area contributed by atoms with Gasteiger partial charge in [-0.15, -0.1) is 0 Å². The average Bonchev–Trinajstić information content (AvgIpc) is 2.89. The minimum absolute atomic E-state index is 0.104. The molecule has 2 aromatic heterocycles. The Morgan fingerprint density at radius 1 is 1.14 bits per heavy atom. The molecule has 3 aromatic rings. The van der Waals surface area contributed by atoms with Crippen molar-refractivity contribution in [3.8, 4) is 0 Å². The average molecular weight is 280 g/mol. The second-order valence-corrected chi connectivity index (χ2v) is 5.17. The van der Waals surface area contributed by atoms with E-state index in [1.54, 1.807) is 0 Å². The van der Waals surface area contributed by atoms with Crippen LogP contribution in [0.2, 0.25) is 0 Å². The molecule has 0 saturated heterocycles. The van der Waals surface area contributed by atoms with Crippen molar-refractivity contribution in [3.05, 3.63) is 60.0 Å². The van der Waals surface area contributed by atoms with Gasteiger partial charge in [-0.1, -0.05) is 37.3 Å². The van der Waals surface area contributed by atoms with Gasteiger partial charge in [0, 0.05) is 19.3 Å². The van der Waals surface area contributed by atoms with Gasteiger partial charge in [-0.3, -0.25) is 0 Å². The van der Waals surface area contributed by atoms with Crippen LogP contribution in [0.15, 0.2) is 48.7 Å². The van der Waals surface area contributed by atoms with Gasteiger partial charge < -0.3 is 10.3 Å². The fourth-order valence-corrected chi connectivity index (χ4v) is 2.76. The summed E-state index contributed by atoms with van der Waals surface area (Å²) in [6.07, 6.45) is 2.86. The number of pyridine rings is 1. The Morgan fingerprint density at radius 2 is 1.95 bits per heavy atom. The monoisotopic (exact) mass is 280 g/mol. The van der Waals surface area contributed by atoms with E-state index in [2.05, 4.69) is 28.6 Å². The molecule has 3 rings (SSSR count). The number of aromatic nitrogens is 3.